The summed E-state index contributed by atoms with van der Waals surface area (Å²) in [6.45, 7) is 0.243. The number of carbonyl (C=O) groups excluding carboxylic acids is 2. The van der Waals surface area contributed by atoms with E-state index in [2.05, 4.69) is 5.32 Å². The van der Waals surface area contributed by atoms with Crippen molar-refractivity contribution in [1.82, 2.24) is 10.2 Å². The van der Waals surface area contributed by atoms with Crippen molar-refractivity contribution in [2.45, 2.75) is 19.1 Å². The summed E-state index contributed by atoms with van der Waals surface area (Å²) in [7, 11) is 0. The van der Waals surface area contributed by atoms with Crippen LogP contribution in [0.25, 0.3) is 0 Å². The molecule has 4 aromatic carbocycles. The molecule has 1 N–H and O–H groups in total. The van der Waals surface area contributed by atoms with Gasteiger partial charge in [0.05, 0.1) is 5.02 Å². The highest BCUT2D eigenvalue weighted by atomic mass is 35.5. The minimum Gasteiger partial charge on any atom is -0.482 e. The van der Waals surface area contributed by atoms with Crippen LogP contribution < -0.4 is 10.1 Å². The smallest absolute Gasteiger partial charge is 0.261 e. The highest BCUT2D eigenvalue weighted by Gasteiger charge is 2.31. The molecule has 0 heterocycles. The minimum atomic E-state index is -0.879. The Hall–Kier alpha value is -3.80. The van der Waals surface area contributed by atoms with E-state index in [1.165, 1.54) is 0 Å². The number of nitrogens with zero attached hydrogens (tertiary/aromatic N) is 1. The lowest BCUT2D eigenvalue weighted by molar-refractivity contribution is -0.143. The number of rotatable bonds is 10. The molecule has 0 aliphatic carbocycles. The second-order valence-corrected chi connectivity index (χ2v) is 9.23. The van der Waals surface area contributed by atoms with Crippen molar-refractivity contribution in [2.24, 2.45) is 0 Å². The number of benzene rings is 4. The van der Waals surface area contributed by atoms with E-state index >= 15 is 0 Å². The molecule has 0 aliphatic heterocycles. The largest absolute Gasteiger partial charge is 0.482 e. The Balaban J connectivity index is 1.62. The molecule has 1 unspecified atom stereocenters. The first-order valence-corrected chi connectivity index (χ1v) is 12.5. The number of carbonyl (C=O) groups is 2. The van der Waals surface area contributed by atoms with E-state index in [0.717, 1.165) is 11.1 Å². The molecule has 0 radical (unpaired) electrons. The minimum absolute atomic E-state index is 0.222. The Morgan fingerprint density at radius 2 is 1.38 bits per heavy atom. The molecule has 37 heavy (non-hydrogen) atoms. The van der Waals surface area contributed by atoms with E-state index in [-0.39, 0.29) is 25.0 Å². The van der Waals surface area contributed by atoms with Gasteiger partial charge in [0.15, 0.2) is 6.61 Å². The molecule has 0 saturated heterocycles. The summed E-state index contributed by atoms with van der Waals surface area (Å²) in [5.74, 6) is -0.247. The maximum Gasteiger partial charge on any atom is 0.261 e. The lowest BCUT2D eigenvalue weighted by atomic mass is 10.0. The van der Waals surface area contributed by atoms with Crippen molar-refractivity contribution >= 4 is 35.0 Å². The van der Waals surface area contributed by atoms with Crippen LogP contribution in [0.1, 0.15) is 22.7 Å². The summed E-state index contributed by atoms with van der Waals surface area (Å²) in [4.78, 5) is 28.8. The first-order chi connectivity index (χ1) is 18.0. The van der Waals surface area contributed by atoms with Gasteiger partial charge in [-0.2, -0.15) is 0 Å². The number of hydrogen-bond acceptors (Lipinski definition) is 3. The zero-order valence-corrected chi connectivity index (χ0v) is 21.5. The Kier molecular flexibility index (Phi) is 9.19. The maximum absolute atomic E-state index is 13.7. The molecule has 7 heteroatoms. The summed E-state index contributed by atoms with van der Waals surface area (Å²) >= 11 is 12.2. The standard InChI is InChI=1S/C30H26Cl2N2O3/c31-25-17-15-22(16-18-25)19-33-30(36)29(24-11-5-2-6-12-24)34(20-23-9-3-1-4-10-23)28(35)21-37-27-14-8-7-13-26(27)32/h1-18,29H,19-21H2,(H,33,36). The average molecular weight is 533 g/mol. The van der Waals surface area contributed by atoms with Crippen LogP contribution in [0, 0.1) is 0 Å². The molecular formula is C30H26Cl2N2O3. The van der Waals surface area contributed by atoms with Gasteiger partial charge >= 0.3 is 0 Å². The number of para-hydroxylation sites is 1. The molecule has 4 rings (SSSR count). The van der Waals surface area contributed by atoms with Crippen LogP contribution in [0.4, 0.5) is 0 Å². The zero-order valence-electron chi connectivity index (χ0n) is 20.0. The average Bonchev–Trinajstić information content (AvgIpc) is 2.93. The van der Waals surface area contributed by atoms with Crippen LogP contribution in [-0.4, -0.2) is 23.3 Å². The van der Waals surface area contributed by atoms with E-state index in [9.17, 15) is 9.59 Å². The third-order valence-electron chi connectivity index (χ3n) is 5.76. The van der Waals surface area contributed by atoms with Crippen LogP contribution in [0.3, 0.4) is 0 Å². The van der Waals surface area contributed by atoms with Gasteiger partial charge in [-0.05, 0) is 41.0 Å². The quantitative estimate of drug-likeness (QED) is 0.255. The predicted molar refractivity (Wildman–Crippen MR) is 146 cm³/mol. The summed E-state index contributed by atoms with van der Waals surface area (Å²) in [5, 5.41) is 4.01. The lowest BCUT2D eigenvalue weighted by Gasteiger charge is -2.31. The van der Waals surface area contributed by atoms with E-state index < -0.39 is 6.04 Å². The Morgan fingerprint density at radius 1 is 0.757 bits per heavy atom. The fraction of sp³-hybridized carbons (Fsp3) is 0.133. The number of amides is 2. The van der Waals surface area contributed by atoms with Gasteiger partial charge in [0, 0.05) is 18.1 Å². The van der Waals surface area contributed by atoms with Crippen molar-refractivity contribution in [1.29, 1.82) is 0 Å². The number of halogens is 2. The van der Waals surface area contributed by atoms with Gasteiger partial charge in [0.25, 0.3) is 5.91 Å². The van der Waals surface area contributed by atoms with Gasteiger partial charge in [-0.25, -0.2) is 0 Å². The first-order valence-electron chi connectivity index (χ1n) is 11.8. The molecule has 0 bridgehead atoms. The highest BCUT2D eigenvalue weighted by molar-refractivity contribution is 6.32. The fourth-order valence-corrected chi connectivity index (χ4v) is 4.20. The van der Waals surface area contributed by atoms with Gasteiger partial charge in [-0.1, -0.05) is 108 Å². The molecule has 188 valence electrons. The monoisotopic (exact) mass is 532 g/mol. The molecule has 2 amide bonds. The van der Waals surface area contributed by atoms with E-state index in [4.69, 9.17) is 27.9 Å². The molecule has 5 nitrogen and oxygen atoms in total. The highest BCUT2D eigenvalue weighted by Crippen LogP contribution is 2.26. The van der Waals surface area contributed by atoms with Crippen LogP contribution >= 0.6 is 23.2 Å². The van der Waals surface area contributed by atoms with Crippen LogP contribution in [0.15, 0.2) is 109 Å². The van der Waals surface area contributed by atoms with Gasteiger partial charge in [0.2, 0.25) is 5.91 Å². The lowest BCUT2D eigenvalue weighted by Crippen LogP contribution is -2.45. The summed E-state index contributed by atoms with van der Waals surface area (Å²) in [6.07, 6.45) is 0. The van der Waals surface area contributed by atoms with Crippen molar-refractivity contribution in [3.8, 4) is 5.75 Å². The Morgan fingerprint density at radius 3 is 2.05 bits per heavy atom. The molecule has 4 aromatic rings. The van der Waals surface area contributed by atoms with Gasteiger partial charge < -0.3 is 15.0 Å². The maximum atomic E-state index is 13.7. The van der Waals surface area contributed by atoms with Crippen molar-refractivity contribution in [3.05, 3.63) is 136 Å². The van der Waals surface area contributed by atoms with Crippen molar-refractivity contribution in [2.75, 3.05) is 6.61 Å². The number of ether oxygens (including phenoxy) is 1. The van der Waals surface area contributed by atoms with Crippen LogP contribution in [-0.2, 0) is 22.7 Å². The van der Waals surface area contributed by atoms with Gasteiger partial charge in [-0.15, -0.1) is 0 Å². The first kappa shape index (κ1) is 26.3. The molecule has 0 aliphatic rings. The van der Waals surface area contributed by atoms with Crippen molar-refractivity contribution in [3.63, 3.8) is 0 Å². The van der Waals surface area contributed by atoms with Gasteiger partial charge in [0.1, 0.15) is 11.8 Å². The molecule has 0 saturated carbocycles. The zero-order chi connectivity index (χ0) is 26.0. The normalized spacial score (nSPS) is 11.4. The Bertz CT molecular complexity index is 1320. The van der Waals surface area contributed by atoms with Crippen LogP contribution in [0.2, 0.25) is 10.0 Å². The SMILES string of the molecule is O=C(NCc1ccc(Cl)cc1)C(c1ccccc1)N(Cc1ccccc1)C(=O)COc1ccccc1Cl. The summed E-state index contributed by atoms with van der Waals surface area (Å²) < 4.78 is 5.76. The predicted octanol–water partition coefficient (Wildman–Crippen LogP) is 6.46. The fourth-order valence-electron chi connectivity index (χ4n) is 3.88. The molecular weight excluding hydrogens is 507 g/mol. The second kappa shape index (κ2) is 12.9. The number of nitrogens with one attached hydrogen (secondary N) is 1. The van der Waals surface area contributed by atoms with E-state index in [1.54, 1.807) is 41.3 Å². The van der Waals surface area contributed by atoms with Crippen molar-refractivity contribution < 1.29 is 14.3 Å². The second-order valence-electron chi connectivity index (χ2n) is 8.38. The molecule has 0 spiro atoms. The summed E-state index contributed by atoms with van der Waals surface area (Å²) in [5.41, 5.74) is 2.48. The summed E-state index contributed by atoms with van der Waals surface area (Å²) in [6, 6.07) is 32.1. The molecule has 0 fully saturated rings. The molecule has 1 atom stereocenters. The van der Waals surface area contributed by atoms with E-state index in [0.29, 0.717) is 27.9 Å². The number of hydrogen-bond donors (Lipinski definition) is 1. The topological polar surface area (TPSA) is 58.6 Å². The Labute approximate surface area is 226 Å². The molecule has 0 aromatic heterocycles. The third kappa shape index (κ3) is 7.35. The van der Waals surface area contributed by atoms with Crippen LogP contribution in [0.5, 0.6) is 5.75 Å². The third-order valence-corrected chi connectivity index (χ3v) is 6.32. The van der Waals surface area contributed by atoms with Gasteiger partial charge in [-0.3, -0.25) is 9.59 Å². The van der Waals surface area contributed by atoms with E-state index in [1.807, 2.05) is 72.8 Å².